The van der Waals surface area contributed by atoms with E-state index >= 15 is 0 Å². The third kappa shape index (κ3) is 8.55. The first-order chi connectivity index (χ1) is 11.5. The number of anilines is 1. The average molecular weight is 357 g/mol. The minimum atomic E-state index is -3.13. The number of nitrogens with one attached hydrogen (secondary N) is 2. The monoisotopic (exact) mass is 356 g/mol. The quantitative estimate of drug-likeness (QED) is 0.528. The lowest BCUT2D eigenvalue weighted by Gasteiger charge is -2.10. The second-order valence-electron chi connectivity index (χ2n) is 6.21. The van der Waals surface area contributed by atoms with Gasteiger partial charge in [0.15, 0.2) is 0 Å². The maximum atomic E-state index is 11.6. The summed E-state index contributed by atoms with van der Waals surface area (Å²) in [6, 6.07) is 8.02. The van der Waals surface area contributed by atoms with Crippen LogP contribution in [0.1, 0.15) is 52.9 Å². The van der Waals surface area contributed by atoms with E-state index in [9.17, 15) is 8.42 Å². The highest BCUT2D eigenvalue weighted by Crippen LogP contribution is 2.17. The van der Waals surface area contributed by atoms with Crippen molar-refractivity contribution in [3.63, 3.8) is 0 Å². The Morgan fingerprint density at radius 2 is 1.83 bits per heavy atom. The third-order valence-electron chi connectivity index (χ3n) is 3.71. The normalized spacial score (nSPS) is 11.7. The van der Waals surface area contributed by atoms with Gasteiger partial charge < -0.3 is 10.1 Å². The van der Waals surface area contributed by atoms with Crippen molar-refractivity contribution in [3.05, 3.63) is 24.3 Å². The summed E-state index contributed by atoms with van der Waals surface area (Å²) in [6.45, 7) is 7.66. The summed E-state index contributed by atoms with van der Waals surface area (Å²) in [5.74, 6) is 0.900. The fourth-order valence-corrected chi connectivity index (χ4v) is 2.83. The first-order valence-corrected chi connectivity index (χ1v) is 10.5. The molecular formula is C18H32N2O3S. The maximum Gasteiger partial charge on any atom is 0.213 e. The van der Waals surface area contributed by atoms with E-state index in [2.05, 4.69) is 17.0 Å². The van der Waals surface area contributed by atoms with Crippen molar-refractivity contribution in [1.82, 2.24) is 4.72 Å². The summed E-state index contributed by atoms with van der Waals surface area (Å²) >= 11 is 0. The van der Waals surface area contributed by atoms with Crippen LogP contribution < -0.4 is 14.8 Å². The molecule has 6 heteroatoms. The molecule has 0 aliphatic heterocycles. The Kier molecular flexibility index (Phi) is 9.79. The Labute approximate surface area is 147 Å². The van der Waals surface area contributed by atoms with Gasteiger partial charge in [-0.25, -0.2) is 13.1 Å². The summed E-state index contributed by atoms with van der Waals surface area (Å²) in [4.78, 5) is 0. The van der Waals surface area contributed by atoms with Gasteiger partial charge in [-0.3, -0.25) is 0 Å². The third-order valence-corrected chi connectivity index (χ3v) is 5.55. The number of hydrogen-bond donors (Lipinski definition) is 2. The molecule has 1 aromatic carbocycles. The Hall–Kier alpha value is -1.27. The van der Waals surface area contributed by atoms with Crippen LogP contribution in [0.5, 0.6) is 5.75 Å². The summed E-state index contributed by atoms with van der Waals surface area (Å²) in [6.07, 6.45) is 5.04. The zero-order valence-corrected chi connectivity index (χ0v) is 16.0. The smallest absolute Gasteiger partial charge is 0.213 e. The van der Waals surface area contributed by atoms with Crippen LogP contribution in [0.4, 0.5) is 5.69 Å². The van der Waals surface area contributed by atoms with Crippen LogP contribution in [0.3, 0.4) is 0 Å². The standard InChI is InChI=1S/C18H32N2O3S/c1-4-5-14-23-18-11-9-10-17(15-18)19-12-7-6-8-13-20-24(21,22)16(2)3/h9-11,15-16,19-20H,4-8,12-14H2,1-3H3. The fourth-order valence-electron chi connectivity index (χ4n) is 2.07. The lowest BCUT2D eigenvalue weighted by Crippen LogP contribution is -2.31. The van der Waals surface area contributed by atoms with Crippen LogP contribution in [0, 0.1) is 0 Å². The Balaban J connectivity index is 2.16. The topological polar surface area (TPSA) is 67.4 Å². The molecule has 24 heavy (non-hydrogen) atoms. The highest BCUT2D eigenvalue weighted by atomic mass is 32.2. The van der Waals surface area contributed by atoms with E-state index in [-0.39, 0.29) is 5.25 Å². The lowest BCUT2D eigenvalue weighted by atomic mass is 10.2. The van der Waals surface area contributed by atoms with E-state index in [1.807, 2.05) is 24.3 Å². The fraction of sp³-hybridized carbons (Fsp3) is 0.667. The SMILES string of the molecule is CCCCOc1cccc(NCCCCCNS(=O)(=O)C(C)C)c1. The van der Waals surface area contributed by atoms with Gasteiger partial charge in [0, 0.05) is 24.8 Å². The van der Waals surface area contributed by atoms with Crippen LogP contribution in [-0.4, -0.2) is 33.4 Å². The largest absolute Gasteiger partial charge is 0.494 e. The molecule has 0 spiro atoms. The molecule has 0 aromatic heterocycles. The molecule has 138 valence electrons. The molecule has 0 saturated heterocycles. The second-order valence-corrected chi connectivity index (χ2v) is 8.53. The molecular weight excluding hydrogens is 324 g/mol. The van der Waals surface area contributed by atoms with Gasteiger partial charge in [0.2, 0.25) is 10.0 Å². The van der Waals surface area contributed by atoms with E-state index in [1.165, 1.54) is 0 Å². The Morgan fingerprint density at radius 1 is 1.08 bits per heavy atom. The summed E-state index contributed by atoms with van der Waals surface area (Å²) < 4.78 is 31.5. The molecule has 0 unspecified atom stereocenters. The van der Waals surface area contributed by atoms with Gasteiger partial charge in [-0.05, 0) is 45.2 Å². The van der Waals surface area contributed by atoms with Crippen LogP contribution in [0.25, 0.3) is 0 Å². The minimum absolute atomic E-state index is 0.369. The first-order valence-electron chi connectivity index (χ1n) is 8.91. The van der Waals surface area contributed by atoms with Crippen molar-refractivity contribution >= 4 is 15.7 Å². The van der Waals surface area contributed by atoms with Crippen LogP contribution in [-0.2, 0) is 10.0 Å². The van der Waals surface area contributed by atoms with E-state index in [4.69, 9.17) is 4.74 Å². The predicted octanol–water partition coefficient (Wildman–Crippen LogP) is 3.78. The van der Waals surface area contributed by atoms with E-state index in [0.29, 0.717) is 6.54 Å². The molecule has 0 saturated carbocycles. The van der Waals surface area contributed by atoms with Gasteiger partial charge in [-0.15, -0.1) is 0 Å². The minimum Gasteiger partial charge on any atom is -0.494 e. The highest BCUT2D eigenvalue weighted by Gasteiger charge is 2.13. The molecule has 1 aromatic rings. The molecule has 5 nitrogen and oxygen atoms in total. The molecule has 0 aliphatic carbocycles. The molecule has 0 radical (unpaired) electrons. The van der Waals surface area contributed by atoms with Gasteiger partial charge >= 0.3 is 0 Å². The summed E-state index contributed by atoms with van der Waals surface area (Å²) in [5.41, 5.74) is 1.06. The zero-order chi connectivity index (χ0) is 17.8. The maximum absolute atomic E-state index is 11.6. The second kappa shape index (κ2) is 11.3. The summed E-state index contributed by atoms with van der Waals surface area (Å²) in [5, 5.41) is 3.01. The molecule has 0 aliphatic rings. The number of benzene rings is 1. The summed E-state index contributed by atoms with van der Waals surface area (Å²) in [7, 11) is -3.13. The van der Waals surface area contributed by atoms with Crippen molar-refractivity contribution in [3.8, 4) is 5.75 Å². The van der Waals surface area contributed by atoms with Gasteiger partial charge in [-0.1, -0.05) is 25.8 Å². The van der Waals surface area contributed by atoms with Gasteiger partial charge in [0.05, 0.1) is 11.9 Å². The highest BCUT2D eigenvalue weighted by molar-refractivity contribution is 7.90. The van der Waals surface area contributed by atoms with E-state index in [0.717, 1.165) is 56.7 Å². The van der Waals surface area contributed by atoms with Crippen molar-refractivity contribution < 1.29 is 13.2 Å². The number of unbranched alkanes of at least 4 members (excludes halogenated alkanes) is 3. The van der Waals surface area contributed by atoms with Gasteiger partial charge in [-0.2, -0.15) is 0 Å². The van der Waals surface area contributed by atoms with Gasteiger partial charge in [0.1, 0.15) is 5.75 Å². The van der Waals surface area contributed by atoms with Crippen LogP contribution >= 0.6 is 0 Å². The molecule has 0 bridgehead atoms. The van der Waals surface area contributed by atoms with Gasteiger partial charge in [0.25, 0.3) is 0 Å². The molecule has 2 N–H and O–H groups in total. The molecule has 0 amide bonds. The van der Waals surface area contributed by atoms with Crippen molar-refractivity contribution in [2.75, 3.05) is 25.0 Å². The van der Waals surface area contributed by atoms with E-state index < -0.39 is 10.0 Å². The molecule has 1 rings (SSSR count). The molecule has 0 heterocycles. The average Bonchev–Trinajstić information content (AvgIpc) is 2.54. The zero-order valence-electron chi connectivity index (χ0n) is 15.2. The number of rotatable bonds is 13. The van der Waals surface area contributed by atoms with Crippen molar-refractivity contribution in [2.45, 2.75) is 58.1 Å². The first kappa shape index (κ1) is 20.8. The lowest BCUT2D eigenvalue weighted by molar-refractivity contribution is 0.309. The van der Waals surface area contributed by atoms with Crippen molar-refractivity contribution in [2.24, 2.45) is 0 Å². The van der Waals surface area contributed by atoms with Crippen molar-refractivity contribution in [1.29, 1.82) is 0 Å². The van der Waals surface area contributed by atoms with Crippen LogP contribution in [0.15, 0.2) is 24.3 Å². The molecule has 0 atom stereocenters. The number of ether oxygens (including phenoxy) is 1. The predicted molar refractivity (Wildman–Crippen MR) is 101 cm³/mol. The number of sulfonamides is 1. The Bertz CT molecular complexity index is 559. The van der Waals surface area contributed by atoms with Crippen LogP contribution in [0.2, 0.25) is 0 Å². The Morgan fingerprint density at radius 3 is 2.54 bits per heavy atom. The molecule has 0 fully saturated rings. The van der Waals surface area contributed by atoms with E-state index in [1.54, 1.807) is 13.8 Å². The number of hydrogen-bond acceptors (Lipinski definition) is 4.